The minimum absolute atomic E-state index is 0.887. The van der Waals surface area contributed by atoms with Crippen molar-refractivity contribution in [3.63, 3.8) is 0 Å². The van der Waals surface area contributed by atoms with Crippen LogP contribution in [-0.2, 0) is 0 Å². The van der Waals surface area contributed by atoms with Crippen molar-refractivity contribution >= 4 is 49.8 Å². The van der Waals surface area contributed by atoms with Crippen molar-refractivity contribution in [2.24, 2.45) is 0 Å². The van der Waals surface area contributed by atoms with Crippen LogP contribution in [0.15, 0.2) is 241 Å². The molecule has 10 aromatic carbocycles. The first kappa shape index (κ1) is 35.2. The normalized spacial score (nSPS) is 11.3. The van der Waals surface area contributed by atoms with Crippen molar-refractivity contribution in [1.82, 2.24) is 0 Å². The van der Waals surface area contributed by atoms with Gasteiger partial charge < -0.3 is 9.32 Å². The van der Waals surface area contributed by atoms with Crippen LogP contribution in [0.1, 0.15) is 0 Å². The van der Waals surface area contributed by atoms with Crippen LogP contribution in [0, 0.1) is 0 Å². The van der Waals surface area contributed by atoms with Gasteiger partial charge in [-0.05, 0) is 109 Å². The summed E-state index contributed by atoms with van der Waals surface area (Å²) in [6, 6.07) is 85.0. The summed E-state index contributed by atoms with van der Waals surface area (Å²) in [4.78, 5) is 2.42. The number of furan rings is 1. The highest BCUT2D eigenvalue weighted by molar-refractivity contribution is 6.12. The Bertz CT molecular complexity index is 3290. The van der Waals surface area contributed by atoms with Crippen molar-refractivity contribution < 1.29 is 4.42 Å². The zero-order chi connectivity index (χ0) is 39.8. The van der Waals surface area contributed by atoms with E-state index in [4.69, 9.17) is 4.42 Å². The van der Waals surface area contributed by atoms with Crippen molar-refractivity contribution in [2.45, 2.75) is 0 Å². The lowest BCUT2D eigenvalue weighted by molar-refractivity contribution is 0.669. The van der Waals surface area contributed by atoms with Crippen LogP contribution in [-0.4, -0.2) is 0 Å². The van der Waals surface area contributed by atoms with Crippen molar-refractivity contribution in [3.8, 4) is 55.6 Å². The van der Waals surface area contributed by atoms with E-state index in [-0.39, 0.29) is 0 Å². The molecular weight excluding hydrogens is 727 g/mol. The highest BCUT2D eigenvalue weighted by Gasteiger charge is 2.21. The summed E-state index contributed by atoms with van der Waals surface area (Å²) >= 11 is 0. The fourth-order valence-corrected chi connectivity index (χ4v) is 8.67. The SMILES string of the molecule is c1ccc(-c2ccc(-c3ccc(N(c4cccc(-c5cccc6oc7ccccc7c56)c4)c4cc(-c5ccc6ccccc6c5)ccc4-c4ccccc4)cc3)cc2)cc1. The van der Waals surface area contributed by atoms with Gasteiger partial charge in [-0.25, -0.2) is 0 Å². The summed E-state index contributed by atoms with van der Waals surface area (Å²) in [5, 5.41) is 4.70. The topological polar surface area (TPSA) is 16.4 Å². The van der Waals surface area contributed by atoms with Crippen LogP contribution in [0.25, 0.3) is 88.3 Å². The second-order valence-electron chi connectivity index (χ2n) is 15.3. The fourth-order valence-electron chi connectivity index (χ4n) is 8.67. The Morgan fingerprint density at radius 2 is 0.833 bits per heavy atom. The van der Waals surface area contributed by atoms with E-state index in [1.807, 2.05) is 12.1 Å². The summed E-state index contributed by atoms with van der Waals surface area (Å²) in [7, 11) is 0. The number of rotatable bonds is 8. The van der Waals surface area contributed by atoms with Crippen LogP contribution >= 0.6 is 0 Å². The lowest BCUT2D eigenvalue weighted by Crippen LogP contribution is -2.11. The van der Waals surface area contributed by atoms with Crippen LogP contribution in [0.3, 0.4) is 0 Å². The van der Waals surface area contributed by atoms with Crippen molar-refractivity contribution in [2.75, 3.05) is 4.90 Å². The van der Waals surface area contributed by atoms with Gasteiger partial charge in [0.1, 0.15) is 11.2 Å². The average molecular weight is 766 g/mol. The van der Waals surface area contributed by atoms with Gasteiger partial charge in [-0.15, -0.1) is 0 Å². The molecule has 11 aromatic rings. The smallest absolute Gasteiger partial charge is 0.136 e. The number of anilines is 3. The molecule has 2 heteroatoms. The molecular formula is C58H39NO. The first-order chi connectivity index (χ1) is 29.7. The Morgan fingerprint density at radius 3 is 1.60 bits per heavy atom. The molecule has 0 aliphatic rings. The van der Waals surface area contributed by atoms with Gasteiger partial charge in [0.05, 0.1) is 5.69 Å². The van der Waals surface area contributed by atoms with Crippen LogP contribution < -0.4 is 4.90 Å². The van der Waals surface area contributed by atoms with Gasteiger partial charge in [-0.2, -0.15) is 0 Å². The van der Waals surface area contributed by atoms with Gasteiger partial charge in [-0.3, -0.25) is 0 Å². The van der Waals surface area contributed by atoms with Crippen LogP contribution in [0.5, 0.6) is 0 Å². The predicted octanol–water partition coefficient (Wildman–Crippen LogP) is 16.5. The Kier molecular flexibility index (Phi) is 8.87. The molecule has 11 rings (SSSR count). The first-order valence-electron chi connectivity index (χ1n) is 20.5. The summed E-state index contributed by atoms with van der Waals surface area (Å²) in [6.07, 6.45) is 0. The molecule has 0 saturated carbocycles. The standard InChI is InChI=1S/C58H39NO/c1-3-13-40(14-4-1)42-25-27-43(28-26-42)44-31-34-50(35-32-44)59(51-20-11-19-49(38-51)53-22-12-24-57-58(53)54-21-9-10-23-56(54)60-57)55-39-48(33-36-52(55)45-16-5-2-6-17-45)47-30-29-41-15-7-8-18-46(41)37-47/h1-39H. The van der Waals surface area contributed by atoms with Crippen LogP contribution in [0.4, 0.5) is 17.1 Å². The summed E-state index contributed by atoms with van der Waals surface area (Å²) < 4.78 is 6.34. The molecule has 0 atom stereocenters. The maximum absolute atomic E-state index is 6.34. The number of hydrogen-bond donors (Lipinski definition) is 0. The van der Waals surface area contributed by atoms with Gasteiger partial charge in [0, 0.05) is 27.7 Å². The molecule has 0 aliphatic heterocycles. The van der Waals surface area contributed by atoms with Crippen LogP contribution in [0.2, 0.25) is 0 Å². The molecule has 0 radical (unpaired) electrons. The van der Waals surface area contributed by atoms with E-state index >= 15 is 0 Å². The number of nitrogens with zero attached hydrogens (tertiary/aromatic N) is 1. The molecule has 0 amide bonds. The van der Waals surface area contributed by atoms with E-state index < -0.39 is 0 Å². The Morgan fingerprint density at radius 1 is 0.283 bits per heavy atom. The van der Waals surface area contributed by atoms with E-state index in [1.54, 1.807) is 0 Å². The molecule has 0 fully saturated rings. The van der Waals surface area contributed by atoms with E-state index in [0.717, 1.165) is 66.8 Å². The summed E-state index contributed by atoms with van der Waals surface area (Å²) in [6.45, 7) is 0. The van der Waals surface area contributed by atoms with Crippen molar-refractivity contribution in [3.05, 3.63) is 237 Å². The monoisotopic (exact) mass is 765 g/mol. The minimum atomic E-state index is 0.887. The molecule has 0 aliphatic carbocycles. The van der Waals surface area contributed by atoms with Gasteiger partial charge in [0.25, 0.3) is 0 Å². The second kappa shape index (κ2) is 15.1. The maximum Gasteiger partial charge on any atom is 0.136 e. The fraction of sp³-hybridized carbons (Fsp3) is 0. The zero-order valence-corrected chi connectivity index (χ0v) is 32.9. The number of para-hydroxylation sites is 1. The van der Waals surface area contributed by atoms with Crippen molar-refractivity contribution in [1.29, 1.82) is 0 Å². The largest absolute Gasteiger partial charge is 0.456 e. The minimum Gasteiger partial charge on any atom is -0.456 e. The molecule has 2 nitrogen and oxygen atoms in total. The zero-order valence-electron chi connectivity index (χ0n) is 32.9. The highest BCUT2D eigenvalue weighted by atomic mass is 16.3. The third-order valence-electron chi connectivity index (χ3n) is 11.7. The Balaban J connectivity index is 1.09. The summed E-state index contributed by atoms with van der Waals surface area (Å²) in [5.74, 6) is 0. The molecule has 0 saturated heterocycles. The third-order valence-corrected chi connectivity index (χ3v) is 11.7. The van der Waals surface area contributed by atoms with Gasteiger partial charge in [0.2, 0.25) is 0 Å². The molecule has 0 bridgehead atoms. The van der Waals surface area contributed by atoms with E-state index in [1.165, 1.54) is 38.6 Å². The highest BCUT2D eigenvalue weighted by Crippen LogP contribution is 2.45. The average Bonchev–Trinajstić information content (AvgIpc) is 3.72. The quantitative estimate of drug-likeness (QED) is 0.153. The van der Waals surface area contributed by atoms with E-state index in [2.05, 4.69) is 229 Å². The number of hydrogen-bond acceptors (Lipinski definition) is 2. The van der Waals surface area contributed by atoms with Gasteiger partial charge in [0.15, 0.2) is 0 Å². The maximum atomic E-state index is 6.34. The van der Waals surface area contributed by atoms with Gasteiger partial charge in [-0.1, -0.05) is 188 Å². The molecule has 1 aromatic heterocycles. The molecule has 0 N–H and O–H groups in total. The number of fused-ring (bicyclic) bond motifs is 4. The lowest BCUT2D eigenvalue weighted by Gasteiger charge is -2.29. The van der Waals surface area contributed by atoms with Gasteiger partial charge >= 0.3 is 0 Å². The first-order valence-corrected chi connectivity index (χ1v) is 20.5. The third kappa shape index (κ3) is 6.51. The molecule has 60 heavy (non-hydrogen) atoms. The molecule has 1 heterocycles. The molecule has 0 spiro atoms. The summed E-state index contributed by atoms with van der Waals surface area (Å²) in [5.41, 5.74) is 16.7. The van der Waals surface area contributed by atoms with E-state index in [0.29, 0.717) is 0 Å². The Hall–Kier alpha value is -7.94. The molecule has 282 valence electrons. The number of benzene rings is 10. The Labute approximate surface area is 349 Å². The lowest BCUT2D eigenvalue weighted by atomic mass is 9.95. The second-order valence-corrected chi connectivity index (χ2v) is 15.3. The molecule has 0 unspecified atom stereocenters. The predicted molar refractivity (Wildman–Crippen MR) is 253 cm³/mol. The van der Waals surface area contributed by atoms with E-state index in [9.17, 15) is 0 Å².